The molecule has 0 aliphatic carbocycles. The summed E-state index contributed by atoms with van der Waals surface area (Å²) < 4.78 is 11.3. The molecule has 0 fully saturated rings. The van der Waals surface area contributed by atoms with Crippen molar-refractivity contribution in [3.63, 3.8) is 0 Å². The molecule has 134 valence electrons. The zero-order valence-corrected chi connectivity index (χ0v) is 15.7. The lowest BCUT2D eigenvalue weighted by atomic mass is 10.1. The van der Waals surface area contributed by atoms with Gasteiger partial charge in [0, 0.05) is 17.7 Å². The van der Waals surface area contributed by atoms with Crippen LogP contribution in [0.2, 0.25) is 0 Å². The third-order valence-corrected chi connectivity index (χ3v) is 4.09. The normalized spacial score (nSPS) is 10.6. The quantitative estimate of drug-likeness (QED) is 0.818. The minimum absolute atomic E-state index is 0.0798. The molecular formula is C21H27NO3. The molecule has 0 atom stereocenters. The van der Waals surface area contributed by atoms with Crippen molar-refractivity contribution in [1.82, 2.24) is 5.32 Å². The molecule has 0 aliphatic rings. The van der Waals surface area contributed by atoms with E-state index in [0.717, 1.165) is 11.3 Å². The van der Waals surface area contributed by atoms with Gasteiger partial charge in [0.15, 0.2) is 0 Å². The Morgan fingerprint density at radius 3 is 2.48 bits per heavy atom. The zero-order valence-electron chi connectivity index (χ0n) is 15.7. The smallest absolute Gasteiger partial charge is 0.251 e. The summed E-state index contributed by atoms with van der Waals surface area (Å²) in [7, 11) is 1.62. The van der Waals surface area contributed by atoms with E-state index in [2.05, 4.69) is 33.0 Å². The third-order valence-electron chi connectivity index (χ3n) is 4.09. The third kappa shape index (κ3) is 5.24. The van der Waals surface area contributed by atoms with Gasteiger partial charge >= 0.3 is 0 Å². The lowest BCUT2D eigenvalue weighted by Crippen LogP contribution is -2.27. The highest BCUT2D eigenvalue weighted by atomic mass is 16.5. The van der Waals surface area contributed by atoms with Gasteiger partial charge in [-0.15, -0.1) is 0 Å². The topological polar surface area (TPSA) is 47.6 Å². The second-order valence-corrected chi connectivity index (χ2v) is 6.67. The maximum atomic E-state index is 12.3. The Kier molecular flexibility index (Phi) is 6.45. The monoisotopic (exact) mass is 341 g/mol. The van der Waals surface area contributed by atoms with Crippen LogP contribution >= 0.6 is 0 Å². The van der Waals surface area contributed by atoms with Gasteiger partial charge in [0.2, 0.25) is 0 Å². The second-order valence-electron chi connectivity index (χ2n) is 6.67. The number of hydrogen-bond donors (Lipinski definition) is 1. The van der Waals surface area contributed by atoms with Crippen molar-refractivity contribution < 1.29 is 14.3 Å². The first kappa shape index (κ1) is 18.8. The van der Waals surface area contributed by atoms with Gasteiger partial charge in [0.05, 0.1) is 7.11 Å². The molecule has 4 heteroatoms. The molecule has 0 aliphatic heterocycles. The summed E-state index contributed by atoms with van der Waals surface area (Å²) in [6, 6.07) is 11.4. The summed E-state index contributed by atoms with van der Waals surface area (Å²) in [5.74, 6) is 1.85. The minimum atomic E-state index is -0.0798. The van der Waals surface area contributed by atoms with Crippen LogP contribution in [-0.4, -0.2) is 19.6 Å². The highest BCUT2D eigenvalue weighted by Crippen LogP contribution is 2.23. The first-order valence-electron chi connectivity index (χ1n) is 8.56. The second kappa shape index (κ2) is 8.56. The summed E-state index contributed by atoms with van der Waals surface area (Å²) in [4.78, 5) is 12.3. The number of methoxy groups -OCH3 is 1. The average Bonchev–Trinajstić information content (AvgIpc) is 2.60. The van der Waals surface area contributed by atoms with Crippen molar-refractivity contribution >= 4 is 5.91 Å². The Hall–Kier alpha value is -2.49. The van der Waals surface area contributed by atoms with Crippen LogP contribution in [0.15, 0.2) is 36.4 Å². The molecule has 2 aromatic carbocycles. The molecule has 0 saturated heterocycles. The van der Waals surface area contributed by atoms with E-state index < -0.39 is 0 Å². The van der Waals surface area contributed by atoms with Crippen molar-refractivity contribution in [2.75, 3.05) is 13.7 Å². The fourth-order valence-electron chi connectivity index (χ4n) is 2.40. The maximum absolute atomic E-state index is 12.3. The molecule has 0 heterocycles. The van der Waals surface area contributed by atoms with Gasteiger partial charge in [-0.25, -0.2) is 0 Å². The predicted molar refractivity (Wildman–Crippen MR) is 100 cm³/mol. The fourth-order valence-corrected chi connectivity index (χ4v) is 2.40. The lowest BCUT2D eigenvalue weighted by Gasteiger charge is -2.13. The molecule has 0 unspecified atom stereocenters. The first-order chi connectivity index (χ1) is 11.9. The Labute approximate surface area is 150 Å². The molecule has 25 heavy (non-hydrogen) atoms. The SMILES string of the molecule is COc1ccc(C(=O)NCC(C)C)cc1COc1ccc(C)c(C)c1. The summed E-state index contributed by atoms with van der Waals surface area (Å²) in [5, 5.41) is 2.93. The van der Waals surface area contributed by atoms with E-state index in [1.165, 1.54) is 11.1 Å². The number of carbonyl (C=O) groups excluding carboxylic acids is 1. The number of nitrogens with one attached hydrogen (secondary N) is 1. The molecule has 0 spiro atoms. The highest BCUT2D eigenvalue weighted by molar-refractivity contribution is 5.94. The Morgan fingerprint density at radius 2 is 1.84 bits per heavy atom. The van der Waals surface area contributed by atoms with Gasteiger partial charge in [0.1, 0.15) is 18.1 Å². The fraction of sp³-hybridized carbons (Fsp3) is 0.381. The van der Waals surface area contributed by atoms with Crippen LogP contribution < -0.4 is 14.8 Å². The average molecular weight is 341 g/mol. The van der Waals surface area contributed by atoms with Crippen LogP contribution in [0.4, 0.5) is 0 Å². The van der Waals surface area contributed by atoms with Gasteiger partial charge in [-0.1, -0.05) is 19.9 Å². The van der Waals surface area contributed by atoms with Crippen LogP contribution in [0, 0.1) is 19.8 Å². The zero-order chi connectivity index (χ0) is 18.4. The Balaban J connectivity index is 2.13. The van der Waals surface area contributed by atoms with E-state index in [9.17, 15) is 4.79 Å². The van der Waals surface area contributed by atoms with Gasteiger partial charge in [-0.2, -0.15) is 0 Å². The first-order valence-corrected chi connectivity index (χ1v) is 8.56. The number of aryl methyl sites for hydroxylation is 2. The van der Waals surface area contributed by atoms with Crippen molar-refractivity contribution in [3.05, 3.63) is 58.7 Å². The van der Waals surface area contributed by atoms with Gasteiger partial charge in [-0.05, 0) is 61.2 Å². The van der Waals surface area contributed by atoms with Crippen LogP contribution in [0.1, 0.15) is 40.9 Å². The molecule has 1 N–H and O–H groups in total. The molecule has 0 aromatic heterocycles. The Morgan fingerprint density at radius 1 is 1.08 bits per heavy atom. The van der Waals surface area contributed by atoms with Crippen LogP contribution in [0.5, 0.6) is 11.5 Å². The van der Waals surface area contributed by atoms with Crippen molar-refractivity contribution in [1.29, 1.82) is 0 Å². The summed E-state index contributed by atoms with van der Waals surface area (Å²) in [6.07, 6.45) is 0. The summed E-state index contributed by atoms with van der Waals surface area (Å²) in [6.45, 7) is 9.26. The van der Waals surface area contributed by atoms with E-state index in [1.807, 2.05) is 30.3 Å². The minimum Gasteiger partial charge on any atom is -0.496 e. The number of benzene rings is 2. The molecule has 0 radical (unpaired) electrons. The highest BCUT2D eigenvalue weighted by Gasteiger charge is 2.11. The number of hydrogen-bond acceptors (Lipinski definition) is 3. The molecule has 2 aromatic rings. The van der Waals surface area contributed by atoms with E-state index in [0.29, 0.717) is 30.4 Å². The van der Waals surface area contributed by atoms with Gasteiger partial charge in [-0.3, -0.25) is 4.79 Å². The number of ether oxygens (including phenoxy) is 2. The van der Waals surface area contributed by atoms with Gasteiger partial charge in [0.25, 0.3) is 5.91 Å². The number of amides is 1. The van der Waals surface area contributed by atoms with E-state index in [4.69, 9.17) is 9.47 Å². The molecule has 1 amide bonds. The standard InChI is InChI=1S/C21H27NO3/c1-14(2)12-22-21(23)17-7-9-20(24-5)18(11-17)13-25-19-8-6-15(3)16(4)10-19/h6-11,14H,12-13H2,1-5H3,(H,22,23). The molecule has 4 nitrogen and oxygen atoms in total. The summed E-state index contributed by atoms with van der Waals surface area (Å²) in [5.41, 5.74) is 3.87. The van der Waals surface area contributed by atoms with E-state index >= 15 is 0 Å². The Bertz CT molecular complexity index is 738. The molecule has 0 saturated carbocycles. The number of carbonyl (C=O) groups is 1. The lowest BCUT2D eigenvalue weighted by molar-refractivity contribution is 0.0949. The van der Waals surface area contributed by atoms with E-state index in [-0.39, 0.29) is 5.91 Å². The van der Waals surface area contributed by atoms with Crippen LogP contribution in [-0.2, 0) is 6.61 Å². The summed E-state index contributed by atoms with van der Waals surface area (Å²) >= 11 is 0. The largest absolute Gasteiger partial charge is 0.496 e. The molecule has 0 bridgehead atoms. The molecular weight excluding hydrogens is 314 g/mol. The van der Waals surface area contributed by atoms with Crippen molar-refractivity contribution in [3.8, 4) is 11.5 Å². The number of rotatable bonds is 7. The van der Waals surface area contributed by atoms with Crippen molar-refractivity contribution in [2.45, 2.75) is 34.3 Å². The molecule has 2 rings (SSSR count). The predicted octanol–water partition coefficient (Wildman–Crippen LogP) is 4.28. The van der Waals surface area contributed by atoms with Crippen LogP contribution in [0.25, 0.3) is 0 Å². The van der Waals surface area contributed by atoms with Crippen LogP contribution in [0.3, 0.4) is 0 Å². The van der Waals surface area contributed by atoms with E-state index in [1.54, 1.807) is 13.2 Å². The van der Waals surface area contributed by atoms with Gasteiger partial charge < -0.3 is 14.8 Å². The van der Waals surface area contributed by atoms with Crippen molar-refractivity contribution in [2.24, 2.45) is 5.92 Å². The maximum Gasteiger partial charge on any atom is 0.251 e.